The predicted molar refractivity (Wildman–Crippen MR) is 111 cm³/mol. The van der Waals surface area contributed by atoms with Crippen LogP contribution in [0.2, 0.25) is 0 Å². The molecule has 3 aromatic rings. The van der Waals surface area contributed by atoms with Gasteiger partial charge in [-0.1, -0.05) is 26.0 Å². The van der Waals surface area contributed by atoms with Gasteiger partial charge >= 0.3 is 0 Å². The molecule has 0 fully saturated rings. The summed E-state index contributed by atoms with van der Waals surface area (Å²) in [5.74, 6) is 0.568. The van der Waals surface area contributed by atoms with Gasteiger partial charge in [0.1, 0.15) is 0 Å². The number of hydrogen-bond donors (Lipinski definition) is 1. The molecule has 0 saturated carbocycles. The smallest absolute Gasteiger partial charge is 0.224 e. The third-order valence-corrected chi connectivity index (χ3v) is 4.81. The molecule has 0 radical (unpaired) electrons. The van der Waals surface area contributed by atoms with E-state index in [0.717, 1.165) is 30.0 Å². The summed E-state index contributed by atoms with van der Waals surface area (Å²) in [6.45, 7) is 10.1. The molecule has 1 N–H and O–H groups in total. The van der Waals surface area contributed by atoms with Gasteiger partial charge in [-0.25, -0.2) is 4.98 Å². The number of hydrogen-bond acceptors (Lipinski definition) is 3. The molecule has 0 atom stereocenters. The Hall–Kier alpha value is -2.89. The largest absolute Gasteiger partial charge is 0.333 e. The van der Waals surface area contributed by atoms with Crippen LogP contribution in [0.3, 0.4) is 0 Å². The Kier molecular flexibility index (Phi) is 6.29. The van der Waals surface area contributed by atoms with Gasteiger partial charge in [0.05, 0.1) is 12.0 Å². The lowest BCUT2D eigenvalue weighted by molar-refractivity contribution is -0.116. The van der Waals surface area contributed by atoms with Crippen LogP contribution in [0.1, 0.15) is 42.8 Å². The first-order valence-electron chi connectivity index (χ1n) is 9.79. The zero-order valence-corrected chi connectivity index (χ0v) is 17.1. The number of benzene rings is 1. The summed E-state index contributed by atoms with van der Waals surface area (Å²) in [4.78, 5) is 16.5. The van der Waals surface area contributed by atoms with Crippen molar-refractivity contribution in [3.63, 3.8) is 0 Å². The van der Waals surface area contributed by atoms with Crippen molar-refractivity contribution in [2.45, 2.75) is 53.6 Å². The van der Waals surface area contributed by atoms with Crippen LogP contribution in [-0.2, 0) is 24.3 Å². The first-order valence-corrected chi connectivity index (χ1v) is 9.79. The number of carbonyl (C=O) groups is 1. The van der Waals surface area contributed by atoms with Gasteiger partial charge in [-0.15, -0.1) is 0 Å². The first-order chi connectivity index (χ1) is 13.4. The van der Waals surface area contributed by atoms with Gasteiger partial charge in [0.15, 0.2) is 0 Å². The highest BCUT2D eigenvalue weighted by Crippen LogP contribution is 2.18. The Morgan fingerprint density at radius 1 is 1.25 bits per heavy atom. The van der Waals surface area contributed by atoms with Crippen LogP contribution in [0.5, 0.6) is 0 Å². The SMILES string of the molecule is Cc1nn(CC(C)C)c(C)c1CCC(=O)Nc1cccc(Cn2ccnc2)c1. The molecule has 1 aromatic carbocycles. The van der Waals surface area contributed by atoms with E-state index in [9.17, 15) is 4.79 Å². The van der Waals surface area contributed by atoms with Gasteiger partial charge in [-0.3, -0.25) is 9.48 Å². The maximum atomic E-state index is 12.5. The molecule has 2 aromatic heterocycles. The van der Waals surface area contributed by atoms with Crippen molar-refractivity contribution >= 4 is 11.6 Å². The van der Waals surface area contributed by atoms with E-state index in [1.165, 1.54) is 11.3 Å². The number of aromatic nitrogens is 4. The minimum atomic E-state index is 0.0233. The van der Waals surface area contributed by atoms with E-state index in [4.69, 9.17) is 0 Å². The molecule has 1 amide bonds. The van der Waals surface area contributed by atoms with Crippen LogP contribution >= 0.6 is 0 Å². The molecule has 3 rings (SSSR count). The number of aryl methyl sites for hydroxylation is 1. The third kappa shape index (κ3) is 5.09. The summed E-state index contributed by atoms with van der Waals surface area (Å²) in [5.41, 5.74) is 5.32. The molecule has 6 nitrogen and oxygen atoms in total. The van der Waals surface area contributed by atoms with Crippen molar-refractivity contribution in [1.82, 2.24) is 19.3 Å². The second-order valence-corrected chi connectivity index (χ2v) is 7.71. The number of nitrogens with zero attached hydrogens (tertiary/aromatic N) is 4. The molecule has 6 heteroatoms. The summed E-state index contributed by atoms with van der Waals surface area (Å²) in [6.07, 6.45) is 6.63. The van der Waals surface area contributed by atoms with Gasteiger partial charge in [-0.2, -0.15) is 5.10 Å². The van der Waals surface area contributed by atoms with Gasteiger partial charge in [0.25, 0.3) is 0 Å². The molecule has 0 saturated heterocycles. The van der Waals surface area contributed by atoms with Crippen molar-refractivity contribution in [3.8, 4) is 0 Å². The molecule has 0 spiro atoms. The topological polar surface area (TPSA) is 64.7 Å². The van der Waals surface area contributed by atoms with Crippen LogP contribution in [0.25, 0.3) is 0 Å². The Bertz CT molecular complexity index is 925. The number of anilines is 1. The van der Waals surface area contributed by atoms with Gasteiger partial charge < -0.3 is 9.88 Å². The Morgan fingerprint density at radius 3 is 2.79 bits per heavy atom. The normalized spacial score (nSPS) is 11.2. The van der Waals surface area contributed by atoms with E-state index < -0.39 is 0 Å². The standard InChI is InChI=1S/C22H29N5O/c1-16(2)13-27-18(4)21(17(3)25-27)8-9-22(28)24-20-7-5-6-19(12-20)14-26-11-10-23-15-26/h5-7,10-12,15-16H,8-9,13-14H2,1-4H3,(H,24,28). The second kappa shape index (κ2) is 8.87. The molecule has 0 aliphatic carbocycles. The number of carbonyl (C=O) groups excluding carboxylic acids is 1. The number of amides is 1. The lowest BCUT2D eigenvalue weighted by Gasteiger charge is -2.09. The zero-order valence-electron chi connectivity index (χ0n) is 17.1. The molecule has 0 bridgehead atoms. The van der Waals surface area contributed by atoms with E-state index in [-0.39, 0.29) is 5.91 Å². The maximum absolute atomic E-state index is 12.5. The first kappa shape index (κ1) is 19.9. The number of rotatable bonds is 8. The van der Waals surface area contributed by atoms with Crippen molar-refractivity contribution in [2.75, 3.05) is 5.32 Å². The quantitative estimate of drug-likeness (QED) is 0.644. The monoisotopic (exact) mass is 379 g/mol. The molecule has 28 heavy (non-hydrogen) atoms. The molecular formula is C22H29N5O. The van der Waals surface area contributed by atoms with Crippen LogP contribution in [-0.4, -0.2) is 25.2 Å². The van der Waals surface area contributed by atoms with Crippen LogP contribution in [0, 0.1) is 19.8 Å². The fraction of sp³-hybridized carbons (Fsp3) is 0.409. The zero-order chi connectivity index (χ0) is 20.1. The van der Waals surface area contributed by atoms with Gasteiger partial charge in [0, 0.05) is 43.3 Å². The number of nitrogens with one attached hydrogen (secondary N) is 1. The van der Waals surface area contributed by atoms with Crippen molar-refractivity contribution in [3.05, 3.63) is 65.5 Å². The lowest BCUT2D eigenvalue weighted by Crippen LogP contribution is -2.13. The summed E-state index contributed by atoms with van der Waals surface area (Å²) >= 11 is 0. The van der Waals surface area contributed by atoms with Gasteiger partial charge in [0.2, 0.25) is 5.91 Å². The summed E-state index contributed by atoms with van der Waals surface area (Å²) in [6, 6.07) is 7.94. The fourth-order valence-corrected chi connectivity index (χ4v) is 3.42. The van der Waals surface area contributed by atoms with E-state index in [2.05, 4.69) is 40.9 Å². The Morgan fingerprint density at radius 2 is 2.07 bits per heavy atom. The minimum Gasteiger partial charge on any atom is -0.333 e. The molecule has 0 aliphatic rings. The van der Waals surface area contributed by atoms with Crippen molar-refractivity contribution < 1.29 is 4.79 Å². The van der Waals surface area contributed by atoms with Crippen LogP contribution < -0.4 is 5.32 Å². The summed E-state index contributed by atoms with van der Waals surface area (Å²) in [7, 11) is 0. The van der Waals surface area contributed by atoms with Crippen LogP contribution in [0.15, 0.2) is 43.0 Å². The fourth-order valence-electron chi connectivity index (χ4n) is 3.42. The van der Waals surface area contributed by atoms with E-state index in [1.54, 1.807) is 12.5 Å². The van der Waals surface area contributed by atoms with Crippen LogP contribution in [0.4, 0.5) is 5.69 Å². The van der Waals surface area contributed by atoms with Crippen molar-refractivity contribution in [2.24, 2.45) is 5.92 Å². The maximum Gasteiger partial charge on any atom is 0.224 e. The van der Waals surface area contributed by atoms with E-state index in [0.29, 0.717) is 18.8 Å². The highest BCUT2D eigenvalue weighted by molar-refractivity contribution is 5.90. The summed E-state index contributed by atoms with van der Waals surface area (Å²) in [5, 5.41) is 7.66. The minimum absolute atomic E-state index is 0.0233. The van der Waals surface area contributed by atoms with E-state index >= 15 is 0 Å². The second-order valence-electron chi connectivity index (χ2n) is 7.71. The Balaban J connectivity index is 1.58. The van der Waals surface area contributed by atoms with Crippen molar-refractivity contribution in [1.29, 1.82) is 0 Å². The van der Waals surface area contributed by atoms with Gasteiger partial charge in [-0.05, 0) is 49.4 Å². The van der Waals surface area contributed by atoms with E-state index in [1.807, 2.05) is 42.0 Å². The molecule has 148 valence electrons. The molecular weight excluding hydrogens is 350 g/mol. The highest BCUT2D eigenvalue weighted by atomic mass is 16.1. The highest BCUT2D eigenvalue weighted by Gasteiger charge is 2.14. The molecule has 2 heterocycles. The average molecular weight is 380 g/mol. The molecule has 0 aliphatic heterocycles. The average Bonchev–Trinajstić information content (AvgIpc) is 3.22. The predicted octanol–water partition coefficient (Wildman–Crippen LogP) is 3.97. The lowest BCUT2D eigenvalue weighted by atomic mass is 10.1. The third-order valence-electron chi connectivity index (χ3n) is 4.81. The summed E-state index contributed by atoms with van der Waals surface area (Å²) < 4.78 is 4.06. The Labute approximate surface area is 166 Å². The number of imidazole rings is 1. The molecule has 0 unspecified atom stereocenters.